The van der Waals surface area contributed by atoms with Crippen molar-refractivity contribution in [3.8, 4) is 0 Å². The van der Waals surface area contributed by atoms with Crippen LogP contribution in [0.5, 0.6) is 0 Å². The van der Waals surface area contributed by atoms with E-state index >= 15 is 0 Å². The fourth-order valence-corrected chi connectivity index (χ4v) is 2.90. The lowest BCUT2D eigenvalue weighted by molar-refractivity contribution is -0.121. The summed E-state index contributed by atoms with van der Waals surface area (Å²) in [5.41, 5.74) is 1.13. The first-order valence-corrected chi connectivity index (χ1v) is 7.72. The maximum Gasteiger partial charge on any atom is 0.220 e. The zero-order valence-corrected chi connectivity index (χ0v) is 14.1. The summed E-state index contributed by atoms with van der Waals surface area (Å²) in [6.45, 7) is 3.12. The molecule has 1 saturated heterocycles. The highest BCUT2D eigenvalue weighted by Crippen LogP contribution is 2.18. The molecular weight excluding hydrogens is 340 g/mol. The summed E-state index contributed by atoms with van der Waals surface area (Å²) in [5, 5.41) is 6.48. The molecule has 1 fully saturated rings. The molecule has 1 heterocycles. The summed E-state index contributed by atoms with van der Waals surface area (Å²) in [4.78, 5) is 11.9. The molecule has 112 valence electrons. The molecule has 0 bridgehead atoms. The first kappa shape index (κ1) is 17.5. The maximum atomic E-state index is 11.9. The van der Waals surface area contributed by atoms with Crippen LogP contribution in [0.2, 0.25) is 0 Å². The fourth-order valence-electron chi connectivity index (χ4n) is 2.48. The van der Waals surface area contributed by atoms with Crippen LogP contribution < -0.4 is 10.6 Å². The minimum absolute atomic E-state index is 0. The summed E-state index contributed by atoms with van der Waals surface area (Å²) >= 11 is 3.45. The Labute approximate surface area is 135 Å². The number of halogens is 2. The van der Waals surface area contributed by atoms with E-state index in [1.807, 2.05) is 31.2 Å². The molecule has 0 radical (unpaired) electrons. The molecule has 2 N–H and O–H groups in total. The SMILES string of the molecule is CC(NC(=O)CCC1CCCN1)c1cccc(Br)c1.Cl. The van der Waals surface area contributed by atoms with E-state index in [-0.39, 0.29) is 24.4 Å². The quantitative estimate of drug-likeness (QED) is 0.841. The molecule has 1 aliphatic heterocycles. The Kier molecular flexibility index (Phi) is 7.56. The normalized spacial score (nSPS) is 19.2. The Hall–Kier alpha value is -0.580. The van der Waals surface area contributed by atoms with Crippen molar-refractivity contribution >= 4 is 34.2 Å². The molecule has 1 aliphatic rings. The lowest BCUT2D eigenvalue weighted by atomic mass is 10.1. The Morgan fingerprint density at radius 3 is 3.00 bits per heavy atom. The van der Waals surface area contributed by atoms with E-state index in [0.29, 0.717) is 12.5 Å². The summed E-state index contributed by atoms with van der Waals surface area (Å²) < 4.78 is 1.04. The van der Waals surface area contributed by atoms with Crippen molar-refractivity contribution in [1.82, 2.24) is 10.6 Å². The monoisotopic (exact) mass is 360 g/mol. The van der Waals surface area contributed by atoms with Gasteiger partial charge < -0.3 is 10.6 Å². The van der Waals surface area contributed by atoms with Crippen molar-refractivity contribution in [2.75, 3.05) is 6.54 Å². The van der Waals surface area contributed by atoms with Gasteiger partial charge in [-0.3, -0.25) is 4.79 Å². The van der Waals surface area contributed by atoms with Gasteiger partial charge in [-0.15, -0.1) is 12.4 Å². The van der Waals surface area contributed by atoms with Gasteiger partial charge in [0.25, 0.3) is 0 Å². The van der Waals surface area contributed by atoms with Crippen LogP contribution in [-0.2, 0) is 4.79 Å². The summed E-state index contributed by atoms with van der Waals surface area (Å²) in [6.07, 6.45) is 3.99. The van der Waals surface area contributed by atoms with Crippen LogP contribution in [0.1, 0.15) is 44.2 Å². The van der Waals surface area contributed by atoms with Crippen molar-refractivity contribution in [3.63, 3.8) is 0 Å². The van der Waals surface area contributed by atoms with E-state index in [0.717, 1.165) is 23.0 Å². The summed E-state index contributed by atoms with van der Waals surface area (Å²) in [7, 11) is 0. The van der Waals surface area contributed by atoms with Gasteiger partial charge in [-0.2, -0.15) is 0 Å². The molecule has 0 aliphatic carbocycles. The van der Waals surface area contributed by atoms with Gasteiger partial charge in [0.2, 0.25) is 5.91 Å². The summed E-state index contributed by atoms with van der Waals surface area (Å²) in [5.74, 6) is 0.140. The van der Waals surface area contributed by atoms with Gasteiger partial charge in [0.15, 0.2) is 0 Å². The second kappa shape index (κ2) is 8.65. The first-order chi connectivity index (χ1) is 9.15. The van der Waals surface area contributed by atoms with E-state index in [9.17, 15) is 4.79 Å². The largest absolute Gasteiger partial charge is 0.350 e. The molecule has 2 rings (SSSR count). The number of nitrogens with one attached hydrogen (secondary N) is 2. The van der Waals surface area contributed by atoms with Gasteiger partial charge in [-0.05, 0) is 50.4 Å². The third-order valence-corrected chi connectivity index (χ3v) is 4.10. The third-order valence-electron chi connectivity index (χ3n) is 3.61. The number of amides is 1. The van der Waals surface area contributed by atoms with Crippen LogP contribution in [0, 0.1) is 0 Å². The number of rotatable bonds is 5. The van der Waals surface area contributed by atoms with Crippen molar-refractivity contribution in [2.24, 2.45) is 0 Å². The van der Waals surface area contributed by atoms with Crippen LogP contribution in [0.3, 0.4) is 0 Å². The smallest absolute Gasteiger partial charge is 0.220 e. The van der Waals surface area contributed by atoms with Gasteiger partial charge in [-0.1, -0.05) is 28.1 Å². The number of benzene rings is 1. The Bertz CT molecular complexity index is 436. The van der Waals surface area contributed by atoms with Gasteiger partial charge in [0.05, 0.1) is 6.04 Å². The molecule has 1 aromatic carbocycles. The number of hydrogen-bond acceptors (Lipinski definition) is 2. The van der Waals surface area contributed by atoms with Gasteiger partial charge in [-0.25, -0.2) is 0 Å². The van der Waals surface area contributed by atoms with Crippen LogP contribution in [-0.4, -0.2) is 18.5 Å². The average molecular weight is 362 g/mol. The molecule has 20 heavy (non-hydrogen) atoms. The molecule has 1 amide bonds. The highest BCUT2D eigenvalue weighted by molar-refractivity contribution is 9.10. The van der Waals surface area contributed by atoms with Gasteiger partial charge in [0, 0.05) is 16.9 Å². The zero-order valence-electron chi connectivity index (χ0n) is 11.7. The standard InChI is InChI=1S/C15H21BrN2O.ClH/c1-11(12-4-2-5-13(16)10-12)18-15(19)8-7-14-6-3-9-17-14;/h2,4-5,10-11,14,17H,3,6-9H2,1H3,(H,18,19);1H. The van der Waals surface area contributed by atoms with E-state index in [4.69, 9.17) is 0 Å². The molecule has 0 aromatic heterocycles. The van der Waals surface area contributed by atoms with Crippen LogP contribution in [0.4, 0.5) is 0 Å². The van der Waals surface area contributed by atoms with E-state index < -0.39 is 0 Å². The van der Waals surface area contributed by atoms with Crippen molar-refractivity contribution in [1.29, 1.82) is 0 Å². The average Bonchev–Trinajstić information content (AvgIpc) is 2.89. The van der Waals surface area contributed by atoms with Crippen molar-refractivity contribution < 1.29 is 4.79 Å². The lowest BCUT2D eigenvalue weighted by Crippen LogP contribution is -2.29. The lowest BCUT2D eigenvalue weighted by Gasteiger charge is -2.16. The predicted octanol–water partition coefficient (Wildman–Crippen LogP) is 3.58. The molecule has 5 heteroatoms. The molecular formula is C15H22BrClN2O. The first-order valence-electron chi connectivity index (χ1n) is 6.93. The maximum absolute atomic E-state index is 11.9. The van der Waals surface area contributed by atoms with Crippen LogP contribution in [0.25, 0.3) is 0 Å². The Morgan fingerprint density at radius 2 is 2.35 bits per heavy atom. The van der Waals surface area contributed by atoms with E-state index in [1.165, 1.54) is 12.8 Å². The van der Waals surface area contributed by atoms with Crippen LogP contribution in [0.15, 0.2) is 28.7 Å². The summed E-state index contributed by atoms with van der Waals surface area (Å²) in [6, 6.07) is 8.65. The Morgan fingerprint density at radius 1 is 1.55 bits per heavy atom. The fraction of sp³-hybridized carbons (Fsp3) is 0.533. The number of carbonyl (C=O) groups excluding carboxylic acids is 1. The molecule has 1 aromatic rings. The van der Waals surface area contributed by atoms with E-state index in [2.05, 4.69) is 26.6 Å². The number of carbonyl (C=O) groups is 1. The van der Waals surface area contributed by atoms with Crippen molar-refractivity contribution in [3.05, 3.63) is 34.3 Å². The molecule has 0 saturated carbocycles. The predicted molar refractivity (Wildman–Crippen MR) is 88.2 cm³/mol. The van der Waals surface area contributed by atoms with Crippen LogP contribution >= 0.6 is 28.3 Å². The van der Waals surface area contributed by atoms with E-state index in [1.54, 1.807) is 0 Å². The van der Waals surface area contributed by atoms with Gasteiger partial charge >= 0.3 is 0 Å². The molecule has 2 atom stereocenters. The second-order valence-electron chi connectivity index (χ2n) is 5.18. The Balaban J connectivity index is 0.00000200. The minimum atomic E-state index is 0. The van der Waals surface area contributed by atoms with Crippen molar-refractivity contribution in [2.45, 2.75) is 44.7 Å². The van der Waals surface area contributed by atoms with Gasteiger partial charge in [0.1, 0.15) is 0 Å². The molecule has 2 unspecified atom stereocenters. The highest BCUT2D eigenvalue weighted by Gasteiger charge is 2.16. The topological polar surface area (TPSA) is 41.1 Å². The molecule has 3 nitrogen and oxygen atoms in total. The minimum Gasteiger partial charge on any atom is -0.350 e. The second-order valence-corrected chi connectivity index (χ2v) is 6.09. The number of hydrogen-bond donors (Lipinski definition) is 2. The molecule has 0 spiro atoms. The zero-order chi connectivity index (χ0) is 13.7. The highest BCUT2D eigenvalue weighted by atomic mass is 79.9. The third kappa shape index (κ3) is 5.43.